The highest BCUT2D eigenvalue weighted by atomic mass is 16.5. The van der Waals surface area contributed by atoms with Crippen molar-refractivity contribution in [2.75, 3.05) is 26.7 Å². The summed E-state index contributed by atoms with van der Waals surface area (Å²) in [6.45, 7) is 2.32. The van der Waals surface area contributed by atoms with Crippen LogP contribution in [0, 0.1) is 0 Å². The van der Waals surface area contributed by atoms with Gasteiger partial charge >= 0.3 is 0 Å². The lowest BCUT2D eigenvalue weighted by Crippen LogP contribution is -2.51. The smallest absolute Gasteiger partial charge is 0.239 e. The number of fused-ring (bicyclic) bond motifs is 2. The Hall–Kier alpha value is -0.650. The lowest BCUT2D eigenvalue weighted by Gasteiger charge is -2.33. The average Bonchev–Trinajstić information content (AvgIpc) is 2.95. The van der Waals surface area contributed by atoms with Gasteiger partial charge in [-0.1, -0.05) is 0 Å². The van der Waals surface area contributed by atoms with Gasteiger partial charge in [0.05, 0.1) is 24.4 Å². The monoisotopic (exact) mass is 240 g/mol. The van der Waals surface area contributed by atoms with Crippen molar-refractivity contribution in [3.63, 3.8) is 0 Å². The van der Waals surface area contributed by atoms with Crippen LogP contribution in [0.4, 0.5) is 0 Å². The molecule has 2 bridgehead atoms. The number of morpholine rings is 1. The van der Waals surface area contributed by atoms with Gasteiger partial charge in [0.1, 0.15) is 0 Å². The van der Waals surface area contributed by atoms with E-state index in [2.05, 4.69) is 5.32 Å². The SMILES string of the molecule is COC1CNC(C(=O)N2CC3CCC(C2)O3)C1. The first-order valence-electron chi connectivity index (χ1n) is 6.46. The Morgan fingerprint density at radius 3 is 2.65 bits per heavy atom. The molecule has 4 unspecified atom stereocenters. The third-order valence-corrected chi connectivity index (χ3v) is 4.08. The Morgan fingerprint density at radius 2 is 2.06 bits per heavy atom. The molecule has 3 heterocycles. The maximum atomic E-state index is 12.3. The Balaban J connectivity index is 1.59. The fourth-order valence-corrected chi connectivity index (χ4v) is 3.09. The summed E-state index contributed by atoms with van der Waals surface area (Å²) in [4.78, 5) is 14.3. The Bertz CT molecular complexity index is 298. The number of nitrogens with one attached hydrogen (secondary N) is 1. The second-order valence-corrected chi connectivity index (χ2v) is 5.25. The number of rotatable bonds is 2. The molecular formula is C12H20N2O3. The van der Waals surface area contributed by atoms with Gasteiger partial charge in [-0.15, -0.1) is 0 Å². The van der Waals surface area contributed by atoms with Crippen LogP contribution < -0.4 is 5.32 Å². The minimum atomic E-state index is -0.0579. The van der Waals surface area contributed by atoms with E-state index in [9.17, 15) is 4.79 Å². The molecule has 3 aliphatic heterocycles. The normalized spacial score (nSPS) is 40.9. The van der Waals surface area contributed by atoms with E-state index < -0.39 is 0 Å². The Kier molecular flexibility index (Phi) is 3.06. The predicted molar refractivity (Wildman–Crippen MR) is 61.7 cm³/mol. The second-order valence-electron chi connectivity index (χ2n) is 5.25. The zero-order valence-corrected chi connectivity index (χ0v) is 10.2. The first kappa shape index (κ1) is 11.4. The van der Waals surface area contributed by atoms with Gasteiger partial charge in [0.2, 0.25) is 5.91 Å². The third-order valence-electron chi connectivity index (χ3n) is 4.08. The van der Waals surface area contributed by atoms with Crippen molar-refractivity contribution in [2.45, 2.75) is 43.6 Å². The Morgan fingerprint density at radius 1 is 1.35 bits per heavy atom. The average molecular weight is 240 g/mol. The summed E-state index contributed by atoms with van der Waals surface area (Å²) in [6.07, 6.45) is 3.74. The highest BCUT2D eigenvalue weighted by molar-refractivity contribution is 5.82. The molecule has 3 aliphatic rings. The van der Waals surface area contributed by atoms with E-state index in [0.29, 0.717) is 0 Å². The standard InChI is InChI=1S/C12H20N2O3/c1-16-10-4-11(13-5-10)12(15)14-6-8-2-3-9(7-14)17-8/h8-11,13H,2-7H2,1H3. The summed E-state index contributed by atoms with van der Waals surface area (Å²) in [6, 6.07) is -0.0579. The van der Waals surface area contributed by atoms with E-state index in [1.807, 2.05) is 4.90 Å². The number of carbonyl (C=O) groups is 1. The lowest BCUT2D eigenvalue weighted by molar-refractivity contribution is -0.141. The highest BCUT2D eigenvalue weighted by Crippen LogP contribution is 2.27. The number of methoxy groups -OCH3 is 1. The molecule has 3 fully saturated rings. The van der Waals surface area contributed by atoms with Crippen LogP contribution in [0.5, 0.6) is 0 Å². The van der Waals surface area contributed by atoms with Crippen LogP contribution >= 0.6 is 0 Å². The molecule has 3 saturated heterocycles. The molecule has 1 N–H and O–H groups in total. The topological polar surface area (TPSA) is 50.8 Å². The van der Waals surface area contributed by atoms with Gasteiger partial charge in [-0.3, -0.25) is 4.79 Å². The number of carbonyl (C=O) groups excluding carboxylic acids is 1. The van der Waals surface area contributed by atoms with E-state index in [1.54, 1.807) is 7.11 Å². The fourth-order valence-electron chi connectivity index (χ4n) is 3.09. The van der Waals surface area contributed by atoms with Gasteiger partial charge in [0, 0.05) is 26.7 Å². The minimum absolute atomic E-state index is 0.0579. The van der Waals surface area contributed by atoms with E-state index in [4.69, 9.17) is 9.47 Å². The van der Waals surface area contributed by atoms with Crippen LogP contribution in [-0.4, -0.2) is 61.9 Å². The molecule has 0 radical (unpaired) electrons. The predicted octanol–water partition coefficient (Wildman–Crippen LogP) is -0.247. The molecule has 0 aromatic heterocycles. The zero-order chi connectivity index (χ0) is 11.8. The van der Waals surface area contributed by atoms with Gasteiger partial charge < -0.3 is 19.7 Å². The molecule has 1 amide bonds. The van der Waals surface area contributed by atoms with Crippen molar-refractivity contribution in [1.29, 1.82) is 0 Å². The molecule has 17 heavy (non-hydrogen) atoms. The summed E-state index contributed by atoms with van der Waals surface area (Å²) >= 11 is 0. The van der Waals surface area contributed by atoms with Gasteiger partial charge in [-0.2, -0.15) is 0 Å². The maximum Gasteiger partial charge on any atom is 0.239 e. The van der Waals surface area contributed by atoms with Gasteiger partial charge in [0.15, 0.2) is 0 Å². The van der Waals surface area contributed by atoms with Crippen LogP contribution in [0.3, 0.4) is 0 Å². The van der Waals surface area contributed by atoms with Crippen LogP contribution in [0.2, 0.25) is 0 Å². The molecule has 0 aliphatic carbocycles. The molecule has 0 aromatic rings. The lowest BCUT2D eigenvalue weighted by atomic mass is 10.1. The van der Waals surface area contributed by atoms with Crippen molar-refractivity contribution in [3.05, 3.63) is 0 Å². The van der Waals surface area contributed by atoms with Crippen molar-refractivity contribution in [3.8, 4) is 0 Å². The molecule has 0 aromatic carbocycles. The first-order chi connectivity index (χ1) is 8.26. The number of likely N-dealkylation sites (tertiary alicyclic amines) is 1. The molecule has 0 saturated carbocycles. The van der Waals surface area contributed by atoms with Gasteiger partial charge in [0.25, 0.3) is 0 Å². The molecule has 3 rings (SSSR count). The highest BCUT2D eigenvalue weighted by Gasteiger charge is 2.39. The quantitative estimate of drug-likeness (QED) is 0.723. The molecule has 0 spiro atoms. The van der Waals surface area contributed by atoms with E-state index >= 15 is 0 Å². The van der Waals surface area contributed by atoms with Crippen molar-refractivity contribution in [1.82, 2.24) is 10.2 Å². The van der Waals surface area contributed by atoms with Crippen LogP contribution in [-0.2, 0) is 14.3 Å². The number of hydrogen-bond acceptors (Lipinski definition) is 4. The second kappa shape index (κ2) is 4.55. The summed E-state index contributed by atoms with van der Waals surface area (Å²) < 4.78 is 11.0. The van der Waals surface area contributed by atoms with Gasteiger partial charge in [-0.25, -0.2) is 0 Å². The molecular weight excluding hydrogens is 220 g/mol. The van der Waals surface area contributed by atoms with E-state index in [-0.39, 0.29) is 30.3 Å². The summed E-state index contributed by atoms with van der Waals surface area (Å²) in [5.41, 5.74) is 0. The van der Waals surface area contributed by atoms with Crippen LogP contribution in [0.25, 0.3) is 0 Å². The van der Waals surface area contributed by atoms with Gasteiger partial charge in [-0.05, 0) is 19.3 Å². The zero-order valence-electron chi connectivity index (χ0n) is 10.2. The summed E-state index contributed by atoms with van der Waals surface area (Å²) in [5.74, 6) is 0.227. The largest absolute Gasteiger partial charge is 0.380 e. The maximum absolute atomic E-state index is 12.3. The van der Waals surface area contributed by atoms with Crippen LogP contribution in [0.15, 0.2) is 0 Å². The van der Waals surface area contributed by atoms with Crippen molar-refractivity contribution < 1.29 is 14.3 Å². The molecule has 5 nitrogen and oxygen atoms in total. The third kappa shape index (κ3) is 2.19. The number of amides is 1. The number of hydrogen-bond donors (Lipinski definition) is 1. The van der Waals surface area contributed by atoms with E-state index in [1.165, 1.54) is 0 Å². The van der Waals surface area contributed by atoms with E-state index in [0.717, 1.165) is 38.9 Å². The molecule has 5 heteroatoms. The fraction of sp³-hybridized carbons (Fsp3) is 0.917. The number of nitrogens with zero attached hydrogens (tertiary/aromatic N) is 1. The molecule has 96 valence electrons. The summed E-state index contributed by atoms with van der Waals surface area (Å²) in [5, 5.41) is 3.25. The summed E-state index contributed by atoms with van der Waals surface area (Å²) in [7, 11) is 1.70. The Labute approximate surface area is 101 Å². The van der Waals surface area contributed by atoms with Crippen molar-refractivity contribution in [2.24, 2.45) is 0 Å². The van der Waals surface area contributed by atoms with Crippen LogP contribution in [0.1, 0.15) is 19.3 Å². The minimum Gasteiger partial charge on any atom is -0.380 e. The number of ether oxygens (including phenoxy) is 2. The van der Waals surface area contributed by atoms with Crippen molar-refractivity contribution >= 4 is 5.91 Å². The first-order valence-corrected chi connectivity index (χ1v) is 6.46. The molecule has 4 atom stereocenters.